The first kappa shape index (κ1) is 17.5. The SMILES string of the molecule is CC(C)CC(=O)NNC(=O)C1CCN(C(=O)c2cccs2)CC1. The molecule has 2 heterocycles. The number of amides is 3. The highest BCUT2D eigenvalue weighted by molar-refractivity contribution is 7.12. The van der Waals surface area contributed by atoms with Gasteiger partial charge in [0.05, 0.1) is 4.88 Å². The van der Waals surface area contributed by atoms with Crippen LogP contribution >= 0.6 is 11.3 Å². The van der Waals surface area contributed by atoms with Gasteiger partial charge < -0.3 is 4.90 Å². The maximum Gasteiger partial charge on any atom is 0.263 e. The molecule has 0 atom stereocenters. The second kappa shape index (κ2) is 8.10. The Morgan fingerprint density at radius 3 is 2.52 bits per heavy atom. The van der Waals surface area contributed by atoms with Crippen molar-refractivity contribution < 1.29 is 14.4 Å². The fraction of sp³-hybridized carbons (Fsp3) is 0.562. The molecule has 2 rings (SSSR count). The molecule has 0 aliphatic carbocycles. The lowest BCUT2D eigenvalue weighted by atomic mass is 9.96. The van der Waals surface area contributed by atoms with Gasteiger partial charge in [-0.15, -0.1) is 11.3 Å². The van der Waals surface area contributed by atoms with Crippen molar-refractivity contribution in [1.29, 1.82) is 0 Å². The van der Waals surface area contributed by atoms with Crippen LogP contribution in [0.4, 0.5) is 0 Å². The van der Waals surface area contributed by atoms with Gasteiger partial charge in [-0.25, -0.2) is 0 Å². The van der Waals surface area contributed by atoms with Crippen molar-refractivity contribution in [3.8, 4) is 0 Å². The number of rotatable bonds is 4. The van der Waals surface area contributed by atoms with Crippen LogP contribution in [0.25, 0.3) is 0 Å². The number of likely N-dealkylation sites (tertiary alicyclic amines) is 1. The molecule has 7 heteroatoms. The highest BCUT2D eigenvalue weighted by atomic mass is 32.1. The first-order valence-electron chi connectivity index (χ1n) is 7.89. The molecule has 0 aromatic carbocycles. The molecule has 126 valence electrons. The van der Waals surface area contributed by atoms with Gasteiger partial charge in [-0.05, 0) is 30.2 Å². The third kappa shape index (κ3) is 5.06. The smallest absolute Gasteiger partial charge is 0.263 e. The Bertz CT molecular complexity index is 549. The first-order chi connectivity index (χ1) is 11.0. The minimum atomic E-state index is -0.182. The zero-order valence-corrected chi connectivity index (χ0v) is 14.3. The molecule has 23 heavy (non-hydrogen) atoms. The van der Waals surface area contributed by atoms with E-state index < -0.39 is 0 Å². The van der Waals surface area contributed by atoms with Gasteiger partial charge in [0.2, 0.25) is 11.8 Å². The third-order valence-corrected chi connectivity index (χ3v) is 4.66. The summed E-state index contributed by atoms with van der Waals surface area (Å²) >= 11 is 1.43. The van der Waals surface area contributed by atoms with Gasteiger partial charge in [0.1, 0.15) is 0 Å². The van der Waals surface area contributed by atoms with Crippen LogP contribution in [0.15, 0.2) is 17.5 Å². The molecule has 1 aliphatic rings. The Labute approximate surface area is 140 Å². The van der Waals surface area contributed by atoms with Crippen LogP contribution in [0.3, 0.4) is 0 Å². The Kier molecular flexibility index (Phi) is 6.15. The molecule has 0 unspecified atom stereocenters. The van der Waals surface area contributed by atoms with Crippen molar-refractivity contribution in [1.82, 2.24) is 15.8 Å². The van der Waals surface area contributed by atoms with Crippen LogP contribution in [0, 0.1) is 11.8 Å². The molecule has 0 bridgehead atoms. The molecular formula is C16H23N3O3S. The molecule has 3 amide bonds. The van der Waals surface area contributed by atoms with Crippen molar-refractivity contribution in [2.24, 2.45) is 11.8 Å². The van der Waals surface area contributed by atoms with E-state index in [-0.39, 0.29) is 29.6 Å². The largest absolute Gasteiger partial charge is 0.338 e. The van der Waals surface area contributed by atoms with Gasteiger partial charge in [0.25, 0.3) is 5.91 Å². The number of hydrazine groups is 1. The summed E-state index contributed by atoms with van der Waals surface area (Å²) in [4.78, 5) is 38.4. The highest BCUT2D eigenvalue weighted by Gasteiger charge is 2.28. The minimum Gasteiger partial charge on any atom is -0.338 e. The first-order valence-corrected chi connectivity index (χ1v) is 8.76. The van der Waals surface area contributed by atoms with Crippen LogP contribution in [-0.4, -0.2) is 35.7 Å². The maximum absolute atomic E-state index is 12.2. The van der Waals surface area contributed by atoms with Crippen LogP contribution in [0.1, 0.15) is 42.8 Å². The van der Waals surface area contributed by atoms with Gasteiger partial charge in [0, 0.05) is 25.4 Å². The van der Waals surface area contributed by atoms with Gasteiger partial charge in [0.15, 0.2) is 0 Å². The molecule has 1 aromatic rings. The Morgan fingerprint density at radius 2 is 1.96 bits per heavy atom. The van der Waals surface area contributed by atoms with E-state index >= 15 is 0 Å². The lowest BCUT2D eigenvalue weighted by molar-refractivity contribution is -0.132. The van der Waals surface area contributed by atoms with Crippen molar-refractivity contribution in [3.05, 3.63) is 22.4 Å². The lowest BCUT2D eigenvalue weighted by Gasteiger charge is -2.31. The number of piperidine rings is 1. The fourth-order valence-electron chi connectivity index (χ4n) is 2.56. The molecule has 0 saturated carbocycles. The average Bonchev–Trinajstić information content (AvgIpc) is 3.06. The summed E-state index contributed by atoms with van der Waals surface area (Å²) in [5.74, 6) is -0.242. The van der Waals surface area contributed by atoms with Gasteiger partial charge >= 0.3 is 0 Å². The van der Waals surface area contributed by atoms with E-state index in [4.69, 9.17) is 0 Å². The van der Waals surface area contributed by atoms with Crippen LogP contribution in [0.2, 0.25) is 0 Å². The highest BCUT2D eigenvalue weighted by Crippen LogP contribution is 2.20. The van der Waals surface area contributed by atoms with E-state index in [2.05, 4.69) is 10.9 Å². The van der Waals surface area contributed by atoms with Crippen LogP contribution in [-0.2, 0) is 9.59 Å². The molecule has 2 N–H and O–H groups in total. The van der Waals surface area contributed by atoms with E-state index in [9.17, 15) is 14.4 Å². The van der Waals surface area contributed by atoms with Crippen molar-refractivity contribution >= 4 is 29.1 Å². The molecule has 0 spiro atoms. The molecule has 0 radical (unpaired) electrons. The number of nitrogens with one attached hydrogen (secondary N) is 2. The Hall–Kier alpha value is -1.89. The van der Waals surface area contributed by atoms with E-state index in [1.807, 2.05) is 31.4 Å². The van der Waals surface area contributed by atoms with E-state index in [1.54, 1.807) is 4.90 Å². The van der Waals surface area contributed by atoms with Gasteiger partial charge in [-0.1, -0.05) is 19.9 Å². The predicted molar refractivity (Wildman–Crippen MR) is 88.7 cm³/mol. The predicted octanol–water partition coefficient (Wildman–Crippen LogP) is 1.79. The number of carbonyl (C=O) groups excluding carboxylic acids is 3. The van der Waals surface area contributed by atoms with Crippen molar-refractivity contribution in [2.45, 2.75) is 33.1 Å². The third-order valence-electron chi connectivity index (χ3n) is 3.80. The molecule has 1 saturated heterocycles. The number of hydrogen-bond donors (Lipinski definition) is 2. The molecule has 6 nitrogen and oxygen atoms in total. The second-order valence-electron chi connectivity index (χ2n) is 6.18. The lowest BCUT2D eigenvalue weighted by Crippen LogP contribution is -2.48. The van der Waals surface area contributed by atoms with Crippen molar-refractivity contribution in [2.75, 3.05) is 13.1 Å². The molecule has 1 aliphatic heterocycles. The van der Waals surface area contributed by atoms with E-state index in [1.165, 1.54) is 11.3 Å². The topological polar surface area (TPSA) is 78.5 Å². The van der Waals surface area contributed by atoms with Crippen molar-refractivity contribution in [3.63, 3.8) is 0 Å². The summed E-state index contributed by atoms with van der Waals surface area (Å²) in [6, 6.07) is 3.67. The van der Waals surface area contributed by atoms with Crippen LogP contribution in [0.5, 0.6) is 0 Å². The summed E-state index contributed by atoms with van der Waals surface area (Å²) in [7, 11) is 0. The van der Waals surface area contributed by atoms with Gasteiger partial charge in [-0.2, -0.15) is 0 Å². The summed E-state index contributed by atoms with van der Waals surface area (Å²) in [5, 5.41) is 1.88. The quantitative estimate of drug-likeness (QED) is 0.822. The monoisotopic (exact) mass is 337 g/mol. The normalized spacial score (nSPS) is 15.5. The zero-order valence-electron chi connectivity index (χ0n) is 13.5. The summed E-state index contributed by atoms with van der Waals surface area (Å²) in [6.45, 7) is 5.02. The van der Waals surface area contributed by atoms with E-state index in [0.717, 1.165) is 4.88 Å². The zero-order chi connectivity index (χ0) is 16.8. The maximum atomic E-state index is 12.2. The second-order valence-corrected chi connectivity index (χ2v) is 7.13. The summed E-state index contributed by atoms with van der Waals surface area (Å²) in [5.41, 5.74) is 4.94. The number of thiophene rings is 1. The van der Waals surface area contributed by atoms with E-state index in [0.29, 0.717) is 32.4 Å². The number of hydrogen-bond acceptors (Lipinski definition) is 4. The summed E-state index contributed by atoms with van der Waals surface area (Å²) < 4.78 is 0. The number of nitrogens with zero attached hydrogens (tertiary/aromatic N) is 1. The standard InChI is InChI=1S/C16H23N3O3S/c1-11(2)10-14(20)17-18-15(21)12-5-7-19(8-6-12)16(22)13-4-3-9-23-13/h3-4,9,11-12H,5-8,10H2,1-2H3,(H,17,20)(H,18,21). The minimum absolute atomic E-state index is 0.0316. The molecular weight excluding hydrogens is 314 g/mol. The molecule has 1 fully saturated rings. The number of carbonyl (C=O) groups is 3. The molecule has 1 aromatic heterocycles. The van der Waals surface area contributed by atoms with Gasteiger partial charge in [-0.3, -0.25) is 25.2 Å². The van der Waals surface area contributed by atoms with Crippen LogP contribution < -0.4 is 10.9 Å². The Balaban J connectivity index is 1.74. The fourth-order valence-corrected chi connectivity index (χ4v) is 3.25. The average molecular weight is 337 g/mol. The Morgan fingerprint density at radius 1 is 1.26 bits per heavy atom. The summed E-state index contributed by atoms with van der Waals surface area (Å²) in [6.07, 6.45) is 1.61.